The van der Waals surface area contributed by atoms with Crippen LogP contribution in [0.15, 0.2) is 0 Å². The van der Waals surface area contributed by atoms with Gasteiger partial charge in [0.25, 0.3) is 0 Å². The lowest BCUT2D eigenvalue weighted by atomic mass is 10.0. The quantitative estimate of drug-likeness (QED) is 0.0798. The predicted molar refractivity (Wildman–Crippen MR) is 149 cm³/mol. The normalized spacial score (nSPS) is 11.0. The van der Waals surface area contributed by atoms with Crippen molar-refractivity contribution in [2.24, 2.45) is 0 Å². The van der Waals surface area contributed by atoms with Crippen LogP contribution in [0.25, 0.3) is 0 Å². The van der Waals surface area contributed by atoms with E-state index in [-0.39, 0.29) is 11.9 Å². The van der Waals surface area contributed by atoms with Gasteiger partial charge in [0.05, 0.1) is 13.2 Å². The van der Waals surface area contributed by atoms with Gasteiger partial charge >= 0.3 is 11.9 Å². The molecule has 0 aliphatic rings. The number of esters is 2. The van der Waals surface area contributed by atoms with Crippen LogP contribution in [-0.2, 0) is 19.1 Å². The Morgan fingerprint density at radius 2 is 0.686 bits per heavy atom. The molecule has 0 radical (unpaired) electrons. The van der Waals surface area contributed by atoms with Crippen molar-refractivity contribution in [3.05, 3.63) is 0 Å². The van der Waals surface area contributed by atoms with Crippen LogP contribution < -0.4 is 0 Å². The number of unbranched alkanes of at least 4 members (excludes halogenated alkanes) is 20. The maximum Gasteiger partial charge on any atom is 0.305 e. The fourth-order valence-corrected chi connectivity index (χ4v) is 4.44. The highest BCUT2D eigenvalue weighted by Crippen LogP contribution is 2.14. The monoisotopic (exact) mass is 496 g/mol. The zero-order valence-electron chi connectivity index (χ0n) is 23.7. The third-order valence-electron chi connectivity index (χ3n) is 6.74. The van der Waals surface area contributed by atoms with E-state index in [2.05, 4.69) is 6.92 Å². The summed E-state index contributed by atoms with van der Waals surface area (Å²) < 4.78 is 10.4. The first-order valence-electron chi connectivity index (χ1n) is 15.5. The molecule has 0 aromatic rings. The summed E-state index contributed by atoms with van der Waals surface area (Å²) in [7, 11) is 0. The van der Waals surface area contributed by atoms with E-state index >= 15 is 0 Å². The highest BCUT2D eigenvalue weighted by Gasteiger charge is 2.04. The summed E-state index contributed by atoms with van der Waals surface area (Å²) >= 11 is 0. The topological polar surface area (TPSA) is 52.6 Å². The molecule has 35 heavy (non-hydrogen) atoms. The van der Waals surface area contributed by atoms with E-state index in [0.717, 1.165) is 51.4 Å². The Hall–Kier alpha value is -1.06. The first-order chi connectivity index (χ1) is 17.2. The zero-order chi connectivity index (χ0) is 25.7. The average molecular weight is 497 g/mol. The van der Waals surface area contributed by atoms with Crippen molar-refractivity contribution in [3.63, 3.8) is 0 Å². The molecule has 4 heteroatoms. The van der Waals surface area contributed by atoms with E-state index < -0.39 is 0 Å². The maximum absolute atomic E-state index is 11.8. The number of ether oxygens (including phenoxy) is 2. The highest BCUT2D eigenvalue weighted by molar-refractivity contribution is 5.69. The Morgan fingerprint density at radius 1 is 0.371 bits per heavy atom. The number of rotatable bonds is 28. The molecule has 0 atom stereocenters. The number of hydrogen-bond acceptors (Lipinski definition) is 4. The Bertz CT molecular complexity index is 449. The molecule has 0 bridgehead atoms. The third kappa shape index (κ3) is 29.1. The standard InChI is InChI=1S/C31H60O4/c1-3-5-6-7-8-9-10-11-12-13-14-15-16-19-22-25-29-35-31(33)27-24-21-18-17-20-23-26-30(32)34-28-4-2/h3-29H2,1-2H3. The van der Waals surface area contributed by atoms with Gasteiger partial charge in [-0.3, -0.25) is 9.59 Å². The molecule has 0 spiro atoms. The van der Waals surface area contributed by atoms with Crippen LogP contribution in [0.5, 0.6) is 0 Å². The van der Waals surface area contributed by atoms with E-state index in [9.17, 15) is 9.59 Å². The van der Waals surface area contributed by atoms with Crippen molar-refractivity contribution in [1.29, 1.82) is 0 Å². The van der Waals surface area contributed by atoms with Gasteiger partial charge < -0.3 is 9.47 Å². The van der Waals surface area contributed by atoms with Crippen LogP contribution in [0.1, 0.15) is 174 Å². The molecule has 0 aliphatic carbocycles. The molecule has 0 amide bonds. The SMILES string of the molecule is CCCCCCCCCCCCCCCCCCOC(=O)CCCCCCCCC(=O)OCCC. The lowest BCUT2D eigenvalue weighted by Crippen LogP contribution is -2.05. The molecular weight excluding hydrogens is 436 g/mol. The van der Waals surface area contributed by atoms with E-state index in [1.165, 1.54) is 96.3 Å². The largest absolute Gasteiger partial charge is 0.466 e. The van der Waals surface area contributed by atoms with Gasteiger partial charge in [-0.2, -0.15) is 0 Å². The fourth-order valence-electron chi connectivity index (χ4n) is 4.44. The summed E-state index contributed by atoms with van der Waals surface area (Å²) in [5, 5.41) is 0. The first kappa shape index (κ1) is 33.9. The summed E-state index contributed by atoms with van der Waals surface area (Å²) in [5.41, 5.74) is 0. The number of carbonyl (C=O) groups is 2. The van der Waals surface area contributed by atoms with Crippen LogP contribution in [0.4, 0.5) is 0 Å². The van der Waals surface area contributed by atoms with E-state index in [0.29, 0.717) is 26.1 Å². The minimum atomic E-state index is -0.0704. The van der Waals surface area contributed by atoms with Crippen molar-refractivity contribution < 1.29 is 19.1 Å². The van der Waals surface area contributed by atoms with Crippen LogP contribution in [0.3, 0.4) is 0 Å². The highest BCUT2D eigenvalue weighted by atomic mass is 16.5. The van der Waals surface area contributed by atoms with Gasteiger partial charge in [0.15, 0.2) is 0 Å². The van der Waals surface area contributed by atoms with Gasteiger partial charge in [-0.25, -0.2) is 0 Å². The minimum absolute atomic E-state index is 0.0374. The van der Waals surface area contributed by atoms with Crippen LogP contribution in [-0.4, -0.2) is 25.2 Å². The molecule has 0 N–H and O–H groups in total. The molecule has 0 aromatic heterocycles. The zero-order valence-corrected chi connectivity index (χ0v) is 23.7. The number of carbonyl (C=O) groups excluding carboxylic acids is 2. The molecule has 0 rings (SSSR count). The minimum Gasteiger partial charge on any atom is -0.466 e. The van der Waals surface area contributed by atoms with Crippen LogP contribution in [0, 0.1) is 0 Å². The fraction of sp³-hybridized carbons (Fsp3) is 0.935. The molecule has 0 aromatic carbocycles. The molecule has 0 heterocycles. The Kier molecular flexibility index (Phi) is 28.3. The second-order valence-electron chi connectivity index (χ2n) is 10.4. The molecule has 0 saturated heterocycles. The van der Waals surface area contributed by atoms with Gasteiger partial charge in [0.2, 0.25) is 0 Å². The van der Waals surface area contributed by atoms with E-state index in [1.54, 1.807) is 0 Å². The Balaban J connectivity index is 3.19. The lowest BCUT2D eigenvalue weighted by molar-refractivity contribution is -0.144. The van der Waals surface area contributed by atoms with Crippen molar-refractivity contribution in [2.45, 2.75) is 174 Å². The van der Waals surface area contributed by atoms with Crippen LogP contribution >= 0.6 is 0 Å². The summed E-state index contributed by atoms with van der Waals surface area (Å²) in [6, 6.07) is 0. The van der Waals surface area contributed by atoms with Gasteiger partial charge in [-0.15, -0.1) is 0 Å². The van der Waals surface area contributed by atoms with Gasteiger partial charge in [-0.05, 0) is 25.7 Å². The van der Waals surface area contributed by atoms with Crippen LogP contribution in [0.2, 0.25) is 0 Å². The third-order valence-corrected chi connectivity index (χ3v) is 6.74. The van der Waals surface area contributed by atoms with E-state index in [1.807, 2.05) is 6.92 Å². The van der Waals surface area contributed by atoms with Gasteiger partial charge in [-0.1, -0.05) is 136 Å². The molecule has 0 fully saturated rings. The smallest absolute Gasteiger partial charge is 0.305 e. The Labute approximate surface area is 218 Å². The van der Waals surface area contributed by atoms with E-state index in [4.69, 9.17) is 9.47 Å². The van der Waals surface area contributed by atoms with Crippen molar-refractivity contribution in [3.8, 4) is 0 Å². The molecule has 208 valence electrons. The molecule has 0 aliphatic heterocycles. The average Bonchev–Trinajstić information content (AvgIpc) is 2.86. The maximum atomic E-state index is 11.8. The first-order valence-corrected chi connectivity index (χ1v) is 15.5. The van der Waals surface area contributed by atoms with Gasteiger partial charge in [0.1, 0.15) is 0 Å². The predicted octanol–water partition coefficient (Wildman–Crippen LogP) is 9.87. The summed E-state index contributed by atoms with van der Waals surface area (Å²) in [6.45, 7) is 5.41. The molecule has 4 nitrogen and oxygen atoms in total. The Morgan fingerprint density at radius 3 is 1.06 bits per heavy atom. The van der Waals surface area contributed by atoms with Crippen molar-refractivity contribution >= 4 is 11.9 Å². The van der Waals surface area contributed by atoms with Crippen molar-refractivity contribution in [1.82, 2.24) is 0 Å². The van der Waals surface area contributed by atoms with Gasteiger partial charge in [0, 0.05) is 12.8 Å². The number of hydrogen-bond donors (Lipinski definition) is 0. The summed E-state index contributed by atoms with van der Waals surface area (Å²) in [4.78, 5) is 23.2. The molecule has 0 unspecified atom stereocenters. The lowest BCUT2D eigenvalue weighted by Gasteiger charge is -2.06. The van der Waals surface area contributed by atoms with Crippen molar-refractivity contribution in [2.75, 3.05) is 13.2 Å². The summed E-state index contributed by atoms with van der Waals surface area (Å²) in [6.07, 6.45) is 29.9. The second kappa shape index (κ2) is 29.2. The molecule has 0 saturated carbocycles. The molecular formula is C31H60O4. The summed E-state index contributed by atoms with van der Waals surface area (Å²) in [5.74, 6) is -0.108. The second-order valence-corrected chi connectivity index (χ2v) is 10.4.